The van der Waals surface area contributed by atoms with Crippen LogP contribution in [-0.4, -0.2) is 42.2 Å². The quantitative estimate of drug-likeness (QED) is 0.755. The molecule has 1 aliphatic rings. The third-order valence-electron chi connectivity index (χ3n) is 3.92. The van der Waals surface area contributed by atoms with E-state index in [1.807, 2.05) is 0 Å². The van der Waals surface area contributed by atoms with Gasteiger partial charge in [-0.25, -0.2) is 0 Å². The van der Waals surface area contributed by atoms with E-state index in [1.165, 1.54) is 6.07 Å². The van der Waals surface area contributed by atoms with Gasteiger partial charge in [0.15, 0.2) is 0 Å². The number of hydrogen-bond acceptors (Lipinski definition) is 3. The van der Waals surface area contributed by atoms with Crippen LogP contribution in [0.3, 0.4) is 0 Å². The van der Waals surface area contributed by atoms with Crippen molar-refractivity contribution in [1.29, 1.82) is 0 Å². The van der Waals surface area contributed by atoms with E-state index < -0.39 is 11.7 Å². The lowest BCUT2D eigenvalue weighted by Crippen LogP contribution is -2.36. The van der Waals surface area contributed by atoms with E-state index in [9.17, 15) is 18.0 Å². The first-order valence-electron chi connectivity index (χ1n) is 7.71. The molecule has 0 bridgehead atoms. The number of nitrogens with one attached hydrogen (secondary N) is 1. The summed E-state index contributed by atoms with van der Waals surface area (Å²) in [5, 5.41) is 12.0. The fraction of sp³-hybridized carbons (Fsp3) is 0.562. The molecular formula is C16H21F3N2O2. The molecule has 0 spiro atoms. The van der Waals surface area contributed by atoms with Gasteiger partial charge >= 0.3 is 6.18 Å². The van der Waals surface area contributed by atoms with Gasteiger partial charge in [0.1, 0.15) is 0 Å². The van der Waals surface area contributed by atoms with Crippen LogP contribution in [-0.2, 0) is 11.0 Å². The number of alkyl halides is 3. The predicted molar refractivity (Wildman–Crippen MR) is 79.7 cm³/mol. The van der Waals surface area contributed by atoms with E-state index in [1.54, 1.807) is 11.0 Å². The van der Waals surface area contributed by atoms with E-state index in [0.717, 1.165) is 18.6 Å². The van der Waals surface area contributed by atoms with Crippen molar-refractivity contribution in [3.05, 3.63) is 35.4 Å². The Labute approximate surface area is 133 Å². The number of carbonyl (C=O) groups is 1. The second kappa shape index (κ2) is 7.79. The van der Waals surface area contributed by atoms with Gasteiger partial charge in [-0.3, -0.25) is 4.79 Å². The molecule has 0 aliphatic carbocycles. The van der Waals surface area contributed by atoms with Crippen LogP contribution in [0.5, 0.6) is 0 Å². The Morgan fingerprint density at radius 2 is 2.13 bits per heavy atom. The largest absolute Gasteiger partial charge is 0.416 e. The van der Waals surface area contributed by atoms with E-state index >= 15 is 0 Å². The van der Waals surface area contributed by atoms with E-state index in [4.69, 9.17) is 5.11 Å². The lowest BCUT2D eigenvalue weighted by Gasteiger charge is -2.26. The number of benzene rings is 1. The molecule has 7 heteroatoms. The average Bonchev–Trinajstić information content (AvgIpc) is 2.91. The van der Waals surface area contributed by atoms with E-state index in [-0.39, 0.29) is 18.6 Å². The first-order chi connectivity index (χ1) is 10.9. The Balaban J connectivity index is 2.16. The first kappa shape index (κ1) is 17.7. The van der Waals surface area contributed by atoms with Gasteiger partial charge in [0, 0.05) is 32.2 Å². The number of aliphatic hydroxyl groups is 1. The number of nitrogens with zero attached hydrogens (tertiary/aromatic N) is 1. The minimum atomic E-state index is -4.39. The van der Waals surface area contributed by atoms with Crippen molar-refractivity contribution in [2.75, 3.05) is 26.2 Å². The normalized spacial score (nSPS) is 16.9. The second-order valence-corrected chi connectivity index (χ2v) is 5.65. The highest BCUT2D eigenvalue weighted by atomic mass is 19.4. The molecule has 1 fully saturated rings. The molecule has 128 valence electrons. The third-order valence-corrected chi connectivity index (χ3v) is 3.92. The number of amides is 1. The van der Waals surface area contributed by atoms with Crippen molar-refractivity contribution in [2.45, 2.75) is 31.5 Å². The zero-order valence-electron chi connectivity index (χ0n) is 12.8. The van der Waals surface area contributed by atoms with Crippen molar-refractivity contribution in [3.8, 4) is 0 Å². The van der Waals surface area contributed by atoms with Gasteiger partial charge < -0.3 is 15.3 Å². The summed E-state index contributed by atoms with van der Waals surface area (Å²) in [4.78, 5) is 13.5. The topological polar surface area (TPSA) is 52.6 Å². The van der Waals surface area contributed by atoms with Gasteiger partial charge in [0.25, 0.3) is 0 Å². The zero-order valence-corrected chi connectivity index (χ0v) is 12.8. The summed E-state index contributed by atoms with van der Waals surface area (Å²) in [6.07, 6.45) is -2.62. The summed E-state index contributed by atoms with van der Waals surface area (Å²) in [6.45, 7) is 1.45. The average molecular weight is 330 g/mol. The highest BCUT2D eigenvalue weighted by molar-refractivity contribution is 5.78. The molecule has 1 saturated heterocycles. The monoisotopic (exact) mass is 330 g/mol. The van der Waals surface area contributed by atoms with Gasteiger partial charge in [-0.05, 0) is 37.1 Å². The maximum absolute atomic E-state index is 12.9. The molecule has 0 saturated carbocycles. The molecule has 0 radical (unpaired) electrons. The maximum Gasteiger partial charge on any atom is 0.416 e. The van der Waals surface area contributed by atoms with E-state index in [0.29, 0.717) is 38.0 Å². The summed E-state index contributed by atoms with van der Waals surface area (Å²) in [5.41, 5.74) is -0.200. The Morgan fingerprint density at radius 1 is 1.35 bits per heavy atom. The number of hydrogen-bond donors (Lipinski definition) is 2. The van der Waals surface area contributed by atoms with Crippen molar-refractivity contribution >= 4 is 5.91 Å². The van der Waals surface area contributed by atoms with Crippen molar-refractivity contribution < 1.29 is 23.1 Å². The minimum absolute atomic E-state index is 0.00492. The fourth-order valence-electron chi connectivity index (χ4n) is 2.69. The van der Waals surface area contributed by atoms with Gasteiger partial charge in [-0.15, -0.1) is 0 Å². The SMILES string of the molecule is O=C1CCCN1CC(NCCCO)c1cccc(C(F)(F)F)c1. The molecule has 23 heavy (non-hydrogen) atoms. The van der Waals surface area contributed by atoms with Crippen LogP contribution >= 0.6 is 0 Å². The summed E-state index contributed by atoms with van der Waals surface area (Å²) < 4.78 is 38.7. The van der Waals surface area contributed by atoms with Crippen molar-refractivity contribution in [1.82, 2.24) is 10.2 Å². The number of rotatable bonds is 7. The second-order valence-electron chi connectivity index (χ2n) is 5.65. The number of carbonyl (C=O) groups excluding carboxylic acids is 1. The number of aliphatic hydroxyl groups excluding tert-OH is 1. The molecular weight excluding hydrogens is 309 g/mol. The Morgan fingerprint density at radius 3 is 2.74 bits per heavy atom. The molecule has 2 rings (SSSR count). The minimum Gasteiger partial charge on any atom is -0.396 e. The molecule has 1 heterocycles. The summed E-state index contributed by atoms with van der Waals surface area (Å²) in [7, 11) is 0. The van der Waals surface area contributed by atoms with Crippen molar-refractivity contribution in [2.24, 2.45) is 0 Å². The lowest BCUT2D eigenvalue weighted by molar-refractivity contribution is -0.137. The van der Waals surface area contributed by atoms with Gasteiger partial charge in [0.05, 0.1) is 5.56 Å². The Kier molecular flexibility index (Phi) is 6.01. The summed E-state index contributed by atoms with van der Waals surface area (Å²) in [5.74, 6) is 0.0333. The molecule has 1 aromatic carbocycles. The lowest BCUT2D eigenvalue weighted by atomic mass is 10.0. The Hall–Kier alpha value is -1.60. The molecule has 1 unspecified atom stereocenters. The standard InChI is InChI=1S/C16H21F3N2O2/c17-16(18,19)13-5-1-4-12(10-13)14(20-7-3-9-22)11-21-8-2-6-15(21)23/h1,4-5,10,14,20,22H,2-3,6-9,11H2. The number of halogens is 3. The van der Waals surface area contributed by atoms with Gasteiger partial charge in [0.2, 0.25) is 5.91 Å². The van der Waals surface area contributed by atoms with Crippen LogP contribution < -0.4 is 5.32 Å². The first-order valence-corrected chi connectivity index (χ1v) is 7.71. The van der Waals surface area contributed by atoms with Crippen LogP contribution in [0.2, 0.25) is 0 Å². The maximum atomic E-state index is 12.9. The smallest absolute Gasteiger partial charge is 0.396 e. The number of likely N-dealkylation sites (tertiary alicyclic amines) is 1. The van der Waals surface area contributed by atoms with Gasteiger partial charge in [-0.1, -0.05) is 12.1 Å². The molecule has 1 amide bonds. The zero-order chi connectivity index (χ0) is 16.9. The fourth-order valence-corrected chi connectivity index (χ4v) is 2.69. The summed E-state index contributed by atoms with van der Waals surface area (Å²) >= 11 is 0. The molecule has 0 aromatic heterocycles. The Bertz CT molecular complexity index is 534. The molecule has 2 N–H and O–H groups in total. The highest BCUT2D eigenvalue weighted by Crippen LogP contribution is 2.31. The third kappa shape index (κ3) is 4.94. The van der Waals surface area contributed by atoms with Crippen LogP contribution in [0, 0.1) is 0 Å². The van der Waals surface area contributed by atoms with Gasteiger partial charge in [-0.2, -0.15) is 13.2 Å². The molecule has 4 nitrogen and oxygen atoms in total. The molecule has 1 atom stereocenters. The van der Waals surface area contributed by atoms with Crippen LogP contribution in [0.4, 0.5) is 13.2 Å². The van der Waals surface area contributed by atoms with Crippen LogP contribution in [0.15, 0.2) is 24.3 Å². The van der Waals surface area contributed by atoms with Crippen LogP contribution in [0.25, 0.3) is 0 Å². The van der Waals surface area contributed by atoms with E-state index in [2.05, 4.69) is 5.32 Å². The predicted octanol–water partition coefficient (Wildman–Crippen LogP) is 2.34. The highest BCUT2D eigenvalue weighted by Gasteiger charge is 2.31. The molecule has 1 aromatic rings. The van der Waals surface area contributed by atoms with Crippen LogP contribution in [0.1, 0.15) is 36.4 Å². The van der Waals surface area contributed by atoms with Crippen molar-refractivity contribution in [3.63, 3.8) is 0 Å². The molecule has 1 aliphatic heterocycles. The summed E-state index contributed by atoms with van der Waals surface area (Å²) in [6, 6.07) is 4.79.